The number of benzene rings is 3. The number of nitrogens with zero attached hydrogens (tertiary/aromatic N) is 1. The maximum atomic E-state index is 13.7. The molecule has 1 aliphatic heterocycles. The summed E-state index contributed by atoms with van der Waals surface area (Å²) in [6.45, 7) is 0.276. The zero-order valence-corrected chi connectivity index (χ0v) is 21.0. The minimum atomic E-state index is -0.805. The quantitative estimate of drug-likeness (QED) is 0.292. The summed E-state index contributed by atoms with van der Waals surface area (Å²) in [7, 11) is 3.16. The molecule has 0 saturated carbocycles. The Labute approximate surface area is 218 Å². The van der Waals surface area contributed by atoms with Crippen LogP contribution >= 0.6 is 11.6 Å². The molecule has 1 aliphatic rings. The molecule has 8 heteroatoms. The number of ketones is 1. The van der Waals surface area contributed by atoms with Gasteiger partial charge in [-0.05, 0) is 66.1 Å². The number of Topliss-reactive ketones (excluding diaryl/α,β-unsaturated/α-hetero) is 1. The summed E-state index contributed by atoms with van der Waals surface area (Å²) in [4.78, 5) is 28.5. The van der Waals surface area contributed by atoms with Crippen molar-refractivity contribution in [2.24, 2.45) is 0 Å². The van der Waals surface area contributed by atoms with Gasteiger partial charge in [0.2, 0.25) is 5.78 Å². The number of hydrogen-bond acceptors (Lipinski definition) is 6. The molecule has 3 aromatic carbocycles. The van der Waals surface area contributed by atoms with Crippen LogP contribution in [0, 0.1) is 0 Å². The second-order valence-electron chi connectivity index (χ2n) is 8.66. The highest BCUT2D eigenvalue weighted by Crippen LogP contribution is 2.40. The Morgan fingerprint density at radius 1 is 0.973 bits per heavy atom. The number of furan rings is 1. The third kappa shape index (κ3) is 4.66. The Kier molecular flexibility index (Phi) is 6.63. The lowest BCUT2D eigenvalue weighted by atomic mass is 9.94. The monoisotopic (exact) mass is 517 g/mol. The molecule has 1 aromatic heterocycles. The summed E-state index contributed by atoms with van der Waals surface area (Å²) in [5.74, 6) is -0.381. The number of carbonyl (C=O) groups excluding carboxylic acids is 2. The van der Waals surface area contributed by atoms with E-state index < -0.39 is 23.5 Å². The van der Waals surface area contributed by atoms with Crippen molar-refractivity contribution in [3.8, 4) is 11.5 Å². The van der Waals surface area contributed by atoms with Crippen molar-refractivity contribution >= 4 is 34.3 Å². The van der Waals surface area contributed by atoms with Gasteiger partial charge >= 0.3 is 0 Å². The summed E-state index contributed by atoms with van der Waals surface area (Å²) < 4.78 is 16.3. The maximum absolute atomic E-state index is 13.7. The number of fused-ring (bicyclic) bond motifs is 1. The van der Waals surface area contributed by atoms with Crippen LogP contribution in [0.15, 0.2) is 88.5 Å². The molecule has 1 atom stereocenters. The van der Waals surface area contributed by atoms with E-state index in [0.717, 1.165) is 11.3 Å². The first-order valence-corrected chi connectivity index (χ1v) is 12.0. The number of hydrogen-bond donors (Lipinski definition) is 1. The van der Waals surface area contributed by atoms with Gasteiger partial charge in [-0.2, -0.15) is 0 Å². The van der Waals surface area contributed by atoms with Gasteiger partial charge < -0.3 is 23.9 Å². The number of ether oxygens (including phenoxy) is 2. The van der Waals surface area contributed by atoms with Crippen LogP contribution in [0.5, 0.6) is 11.5 Å². The van der Waals surface area contributed by atoms with Crippen molar-refractivity contribution in [2.75, 3.05) is 20.8 Å². The molecule has 0 bridgehead atoms. The molecule has 1 N–H and O–H groups in total. The van der Waals surface area contributed by atoms with Gasteiger partial charge in [-0.15, -0.1) is 0 Å². The van der Waals surface area contributed by atoms with Gasteiger partial charge in [0.15, 0.2) is 11.5 Å². The minimum Gasteiger partial charge on any atom is -0.503 e. The van der Waals surface area contributed by atoms with Gasteiger partial charge in [0.05, 0.1) is 25.8 Å². The van der Waals surface area contributed by atoms with Crippen molar-refractivity contribution in [1.82, 2.24) is 4.90 Å². The van der Waals surface area contributed by atoms with Crippen LogP contribution in [-0.4, -0.2) is 42.5 Å². The lowest BCUT2D eigenvalue weighted by Gasteiger charge is -2.27. The smallest absolute Gasteiger partial charge is 0.290 e. The molecule has 5 rings (SSSR count). The summed E-state index contributed by atoms with van der Waals surface area (Å²) in [6, 6.07) is 20.4. The third-order valence-corrected chi connectivity index (χ3v) is 6.72. The van der Waals surface area contributed by atoms with Crippen LogP contribution in [0.1, 0.15) is 27.7 Å². The average molecular weight is 518 g/mol. The number of halogens is 1. The van der Waals surface area contributed by atoms with Crippen molar-refractivity contribution < 1.29 is 28.6 Å². The molecule has 2 heterocycles. The SMILES string of the molecule is COc1ccc(CCN2C(=O)C(O)=C(C(=O)c3cc4cc(Cl)ccc4o3)C2c2ccc(OC)cc2)cc1. The Bertz CT molecular complexity index is 1500. The first-order valence-electron chi connectivity index (χ1n) is 11.6. The Balaban J connectivity index is 1.51. The van der Waals surface area contributed by atoms with E-state index in [1.54, 1.807) is 62.8 Å². The van der Waals surface area contributed by atoms with Crippen LogP contribution in [0.4, 0.5) is 0 Å². The molecular formula is C29H24ClNO6. The predicted octanol–water partition coefficient (Wildman–Crippen LogP) is 5.92. The van der Waals surface area contributed by atoms with Crippen molar-refractivity contribution in [3.05, 3.63) is 106 Å². The summed E-state index contributed by atoms with van der Waals surface area (Å²) in [5, 5.41) is 12.1. The fourth-order valence-electron chi connectivity index (χ4n) is 4.55. The van der Waals surface area contributed by atoms with Crippen LogP contribution < -0.4 is 9.47 Å². The lowest BCUT2D eigenvalue weighted by molar-refractivity contribution is -0.129. The van der Waals surface area contributed by atoms with E-state index >= 15 is 0 Å². The van der Waals surface area contributed by atoms with Crippen molar-refractivity contribution in [3.63, 3.8) is 0 Å². The summed E-state index contributed by atoms with van der Waals surface area (Å²) in [6.07, 6.45) is 0.514. The first kappa shape index (κ1) is 24.5. The van der Waals surface area contributed by atoms with E-state index in [2.05, 4.69) is 0 Å². The zero-order chi connectivity index (χ0) is 26.1. The van der Waals surface area contributed by atoms with E-state index in [9.17, 15) is 14.7 Å². The molecular weight excluding hydrogens is 494 g/mol. The van der Waals surface area contributed by atoms with E-state index in [-0.39, 0.29) is 17.9 Å². The van der Waals surface area contributed by atoms with Crippen LogP contribution in [0.3, 0.4) is 0 Å². The van der Waals surface area contributed by atoms with Crippen molar-refractivity contribution in [2.45, 2.75) is 12.5 Å². The Morgan fingerprint density at radius 2 is 1.62 bits per heavy atom. The van der Waals surface area contributed by atoms with Gasteiger partial charge in [0.25, 0.3) is 5.91 Å². The number of aliphatic hydroxyl groups excluding tert-OH is 1. The van der Waals surface area contributed by atoms with Gasteiger partial charge in [0, 0.05) is 17.0 Å². The molecule has 4 aromatic rings. The van der Waals surface area contributed by atoms with E-state index in [0.29, 0.717) is 33.7 Å². The number of methoxy groups -OCH3 is 2. The topological polar surface area (TPSA) is 89.2 Å². The highest BCUT2D eigenvalue weighted by molar-refractivity contribution is 6.31. The van der Waals surface area contributed by atoms with Gasteiger partial charge in [0.1, 0.15) is 17.1 Å². The van der Waals surface area contributed by atoms with Crippen LogP contribution in [0.25, 0.3) is 11.0 Å². The molecule has 0 radical (unpaired) electrons. The molecule has 0 saturated heterocycles. The molecule has 1 unspecified atom stereocenters. The Hall–Kier alpha value is -4.23. The molecule has 0 fully saturated rings. The predicted molar refractivity (Wildman–Crippen MR) is 139 cm³/mol. The van der Waals surface area contributed by atoms with E-state index in [1.165, 1.54) is 4.90 Å². The zero-order valence-electron chi connectivity index (χ0n) is 20.2. The number of amides is 1. The number of aliphatic hydroxyl groups is 1. The normalized spacial score (nSPS) is 15.5. The number of rotatable bonds is 8. The summed E-state index contributed by atoms with van der Waals surface area (Å²) >= 11 is 6.08. The average Bonchev–Trinajstić information content (AvgIpc) is 3.45. The fraction of sp³-hybridized carbons (Fsp3) is 0.172. The first-order chi connectivity index (χ1) is 17.9. The minimum absolute atomic E-state index is 0.0159. The standard InChI is InChI=1S/C29H24ClNO6/c1-35-21-8-3-17(4-9-21)13-14-31-26(18-5-10-22(36-2)11-6-18)25(28(33)29(31)34)27(32)24-16-19-15-20(30)7-12-23(19)37-24/h3-12,15-16,26,33H,13-14H2,1-2H3. The third-order valence-electron chi connectivity index (χ3n) is 6.48. The van der Waals surface area contributed by atoms with Gasteiger partial charge in [-0.1, -0.05) is 35.9 Å². The molecule has 0 spiro atoms. The van der Waals surface area contributed by atoms with Gasteiger partial charge in [-0.3, -0.25) is 9.59 Å². The second-order valence-corrected chi connectivity index (χ2v) is 9.09. The Morgan fingerprint density at radius 3 is 2.27 bits per heavy atom. The van der Waals surface area contributed by atoms with Crippen LogP contribution in [0.2, 0.25) is 5.02 Å². The fourth-order valence-corrected chi connectivity index (χ4v) is 4.73. The summed E-state index contributed by atoms with van der Waals surface area (Å²) in [5.41, 5.74) is 2.09. The molecule has 1 amide bonds. The second kappa shape index (κ2) is 10.0. The largest absolute Gasteiger partial charge is 0.503 e. The lowest BCUT2D eigenvalue weighted by Crippen LogP contribution is -2.33. The van der Waals surface area contributed by atoms with Gasteiger partial charge in [-0.25, -0.2) is 0 Å². The molecule has 7 nitrogen and oxygen atoms in total. The highest BCUT2D eigenvalue weighted by atomic mass is 35.5. The number of carbonyl (C=O) groups is 2. The van der Waals surface area contributed by atoms with E-state index in [1.807, 2.05) is 24.3 Å². The van der Waals surface area contributed by atoms with Crippen LogP contribution in [-0.2, 0) is 11.2 Å². The molecule has 188 valence electrons. The highest BCUT2D eigenvalue weighted by Gasteiger charge is 2.44. The molecule has 0 aliphatic carbocycles. The maximum Gasteiger partial charge on any atom is 0.290 e. The van der Waals surface area contributed by atoms with E-state index in [4.69, 9.17) is 25.5 Å². The van der Waals surface area contributed by atoms with Crippen molar-refractivity contribution in [1.29, 1.82) is 0 Å². The molecule has 37 heavy (non-hydrogen) atoms.